The predicted molar refractivity (Wildman–Crippen MR) is 63.4 cm³/mol. The van der Waals surface area contributed by atoms with Gasteiger partial charge in [-0.2, -0.15) is 4.99 Å². The van der Waals surface area contributed by atoms with Crippen LogP contribution in [0.1, 0.15) is 17.9 Å². The molecule has 0 radical (unpaired) electrons. The Morgan fingerprint density at radius 1 is 1.24 bits per heavy atom. The summed E-state index contributed by atoms with van der Waals surface area (Å²) in [5.41, 5.74) is 6.01. The fraction of sp³-hybridized carbons (Fsp3) is 0.250. The Morgan fingerprint density at radius 2 is 1.94 bits per heavy atom. The Bertz CT molecular complexity index is 468. The summed E-state index contributed by atoms with van der Waals surface area (Å²) in [5.74, 6) is -1.24. The third-order valence-electron chi connectivity index (χ3n) is 2.54. The van der Waals surface area contributed by atoms with Crippen LogP contribution >= 0.6 is 0 Å². The Hall–Kier alpha value is -2.01. The first-order chi connectivity index (χ1) is 8.22. The highest BCUT2D eigenvalue weighted by molar-refractivity contribution is 6.19. The Morgan fingerprint density at radius 3 is 2.53 bits per heavy atom. The zero-order chi connectivity index (χ0) is 12.3. The molecular weight excluding hydrogens is 218 g/mol. The smallest absolute Gasteiger partial charge is 0.264 e. The van der Waals surface area contributed by atoms with Gasteiger partial charge >= 0.3 is 0 Å². The van der Waals surface area contributed by atoms with Crippen molar-refractivity contribution in [1.82, 2.24) is 5.32 Å². The largest absolute Gasteiger partial charge is 0.330 e. The van der Waals surface area contributed by atoms with Gasteiger partial charge in [0.05, 0.1) is 0 Å². The van der Waals surface area contributed by atoms with E-state index in [2.05, 4.69) is 10.3 Å². The van der Waals surface area contributed by atoms with Crippen molar-refractivity contribution in [3.05, 3.63) is 35.9 Å². The SMILES string of the molecule is NCCC1=NC(=O)C(c2ccccc2)C(=O)N1. The van der Waals surface area contributed by atoms with E-state index in [-0.39, 0.29) is 5.91 Å². The van der Waals surface area contributed by atoms with Gasteiger partial charge in [0.15, 0.2) is 0 Å². The van der Waals surface area contributed by atoms with Gasteiger partial charge in [-0.25, -0.2) is 0 Å². The van der Waals surface area contributed by atoms with Crippen LogP contribution in [0.2, 0.25) is 0 Å². The van der Waals surface area contributed by atoms with E-state index in [1.54, 1.807) is 24.3 Å². The summed E-state index contributed by atoms with van der Waals surface area (Å²) in [6.07, 6.45) is 0.402. The molecule has 1 unspecified atom stereocenters. The van der Waals surface area contributed by atoms with Crippen LogP contribution in [0.4, 0.5) is 0 Å². The molecule has 3 N–H and O–H groups in total. The fourth-order valence-corrected chi connectivity index (χ4v) is 1.75. The molecule has 0 aromatic heterocycles. The Labute approximate surface area is 98.7 Å². The van der Waals surface area contributed by atoms with Gasteiger partial charge in [-0.05, 0) is 12.1 Å². The van der Waals surface area contributed by atoms with E-state index in [9.17, 15) is 9.59 Å². The number of hydrogen-bond donors (Lipinski definition) is 2. The van der Waals surface area contributed by atoms with Crippen LogP contribution < -0.4 is 11.1 Å². The van der Waals surface area contributed by atoms with Gasteiger partial charge in [-0.3, -0.25) is 9.59 Å². The minimum absolute atomic E-state index is 0.334. The molecule has 2 amide bonds. The van der Waals surface area contributed by atoms with Crippen molar-refractivity contribution >= 4 is 17.6 Å². The highest BCUT2D eigenvalue weighted by atomic mass is 16.2. The van der Waals surface area contributed by atoms with Crippen LogP contribution in [-0.2, 0) is 9.59 Å². The molecule has 1 aliphatic rings. The van der Waals surface area contributed by atoms with Crippen molar-refractivity contribution in [2.45, 2.75) is 12.3 Å². The van der Waals surface area contributed by atoms with Crippen molar-refractivity contribution in [3.63, 3.8) is 0 Å². The number of aliphatic imine (C=N–C) groups is 1. The summed E-state index contributed by atoms with van der Waals surface area (Å²) >= 11 is 0. The maximum atomic E-state index is 11.8. The predicted octanol–water partition coefficient (Wildman–Crippen LogP) is 0.174. The maximum absolute atomic E-state index is 11.8. The van der Waals surface area contributed by atoms with Gasteiger partial charge in [-0.1, -0.05) is 30.3 Å². The van der Waals surface area contributed by atoms with Crippen molar-refractivity contribution in [2.24, 2.45) is 10.7 Å². The molecule has 1 atom stereocenters. The molecule has 0 bridgehead atoms. The molecule has 0 saturated carbocycles. The van der Waals surface area contributed by atoms with Crippen molar-refractivity contribution in [1.29, 1.82) is 0 Å². The quantitative estimate of drug-likeness (QED) is 0.727. The number of nitrogens with one attached hydrogen (secondary N) is 1. The minimum Gasteiger partial charge on any atom is -0.330 e. The fourth-order valence-electron chi connectivity index (χ4n) is 1.75. The summed E-state index contributed by atoms with van der Waals surface area (Å²) in [4.78, 5) is 27.5. The average Bonchev–Trinajstić information content (AvgIpc) is 2.30. The van der Waals surface area contributed by atoms with Gasteiger partial charge in [0.25, 0.3) is 5.91 Å². The molecule has 0 spiro atoms. The summed E-state index contributed by atoms with van der Waals surface area (Å²) in [5, 5.41) is 2.61. The number of amides is 2. The topological polar surface area (TPSA) is 84.5 Å². The molecule has 0 fully saturated rings. The van der Waals surface area contributed by atoms with Crippen LogP contribution in [0.5, 0.6) is 0 Å². The van der Waals surface area contributed by atoms with Gasteiger partial charge in [-0.15, -0.1) is 0 Å². The van der Waals surface area contributed by atoms with Crippen molar-refractivity contribution in [3.8, 4) is 0 Å². The molecule has 1 aromatic carbocycles. The monoisotopic (exact) mass is 231 g/mol. The molecule has 0 saturated heterocycles. The molecule has 5 heteroatoms. The summed E-state index contributed by atoms with van der Waals surface area (Å²) in [6.45, 7) is 0.350. The highest BCUT2D eigenvalue weighted by Gasteiger charge is 2.32. The molecular formula is C12H13N3O2. The van der Waals surface area contributed by atoms with Crippen LogP contribution in [-0.4, -0.2) is 24.2 Å². The number of nitrogens with zero attached hydrogens (tertiary/aromatic N) is 1. The van der Waals surface area contributed by atoms with Gasteiger partial charge in [0.1, 0.15) is 11.8 Å². The first-order valence-electron chi connectivity index (χ1n) is 5.39. The van der Waals surface area contributed by atoms with E-state index in [0.29, 0.717) is 24.4 Å². The molecule has 1 aliphatic heterocycles. The van der Waals surface area contributed by atoms with E-state index in [1.165, 1.54) is 0 Å². The number of hydrogen-bond acceptors (Lipinski definition) is 3. The second kappa shape index (κ2) is 4.88. The first-order valence-corrected chi connectivity index (χ1v) is 5.39. The van der Waals surface area contributed by atoms with Crippen molar-refractivity contribution < 1.29 is 9.59 Å². The van der Waals surface area contributed by atoms with Crippen LogP contribution in [0, 0.1) is 0 Å². The Kier molecular flexibility index (Phi) is 3.30. The molecule has 17 heavy (non-hydrogen) atoms. The lowest BCUT2D eigenvalue weighted by molar-refractivity contribution is -0.129. The summed E-state index contributed by atoms with van der Waals surface area (Å²) in [6, 6.07) is 8.89. The zero-order valence-electron chi connectivity index (χ0n) is 9.22. The van der Waals surface area contributed by atoms with Gasteiger partial charge in [0.2, 0.25) is 5.91 Å². The second-order valence-corrected chi connectivity index (χ2v) is 3.77. The summed E-state index contributed by atoms with van der Waals surface area (Å²) < 4.78 is 0. The molecule has 2 rings (SSSR count). The van der Waals surface area contributed by atoms with Gasteiger partial charge in [0, 0.05) is 6.42 Å². The molecule has 1 heterocycles. The van der Waals surface area contributed by atoms with Crippen LogP contribution in [0.15, 0.2) is 35.3 Å². The molecule has 1 aromatic rings. The lowest BCUT2D eigenvalue weighted by atomic mass is 9.96. The number of rotatable bonds is 3. The van der Waals surface area contributed by atoms with E-state index < -0.39 is 11.8 Å². The minimum atomic E-state index is -0.835. The highest BCUT2D eigenvalue weighted by Crippen LogP contribution is 2.20. The third kappa shape index (κ3) is 2.39. The maximum Gasteiger partial charge on any atom is 0.264 e. The van der Waals surface area contributed by atoms with E-state index in [1.807, 2.05) is 6.07 Å². The lowest BCUT2D eigenvalue weighted by Gasteiger charge is -2.20. The molecule has 0 aliphatic carbocycles. The van der Waals surface area contributed by atoms with E-state index in [0.717, 1.165) is 0 Å². The number of carbonyl (C=O) groups excluding carboxylic acids is 2. The van der Waals surface area contributed by atoms with E-state index in [4.69, 9.17) is 5.73 Å². The zero-order valence-corrected chi connectivity index (χ0v) is 9.22. The van der Waals surface area contributed by atoms with E-state index >= 15 is 0 Å². The number of nitrogens with two attached hydrogens (primary N) is 1. The first kappa shape index (κ1) is 11.5. The van der Waals surface area contributed by atoms with Crippen LogP contribution in [0.25, 0.3) is 0 Å². The lowest BCUT2D eigenvalue weighted by Crippen LogP contribution is -2.43. The van der Waals surface area contributed by atoms with Crippen molar-refractivity contribution in [2.75, 3.05) is 6.54 Å². The van der Waals surface area contributed by atoms with Crippen LogP contribution in [0.3, 0.4) is 0 Å². The summed E-state index contributed by atoms with van der Waals surface area (Å²) in [7, 11) is 0. The standard InChI is InChI=1S/C12H13N3O2/c13-7-6-9-14-11(16)10(12(17)15-9)8-4-2-1-3-5-8/h1-5,10H,6-7,13H2,(H,14,15,16,17). The normalized spacial score (nSPS) is 19.8. The molecule has 5 nitrogen and oxygen atoms in total. The number of amidine groups is 1. The number of benzene rings is 1. The average molecular weight is 231 g/mol. The molecule has 88 valence electrons. The van der Waals surface area contributed by atoms with Gasteiger partial charge < -0.3 is 11.1 Å². The third-order valence-corrected chi connectivity index (χ3v) is 2.54. The number of carbonyl (C=O) groups is 2. The second-order valence-electron chi connectivity index (χ2n) is 3.77. The Balaban J connectivity index is 2.27.